The van der Waals surface area contributed by atoms with Gasteiger partial charge in [0, 0.05) is 23.9 Å². The summed E-state index contributed by atoms with van der Waals surface area (Å²) < 4.78 is 0. The van der Waals surface area contributed by atoms with Gasteiger partial charge in [0.05, 0.1) is 0 Å². The summed E-state index contributed by atoms with van der Waals surface area (Å²) in [7, 11) is 0. The highest BCUT2D eigenvalue weighted by molar-refractivity contribution is 6.27. The Hall–Kier alpha value is -0.960. The van der Waals surface area contributed by atoms with Crippen LogP contribution in [0.5, 0.6) is 0 Å². The molecular formula is C10H15ClN2O. The number of aromatic amines is 1. The molecule has 1 aromatic rings. The van der Waals surface area contributed by atoms with Crippen LogP contribution in [0.3, 0.4) is 0 Å². The third-order valence-corrected chi connectivity index (χ3v) is 2.42. The zero-order valence-electron chi connectivity index (χ0n) is 8.43. The van der Waals surface area contributed by atoms with E-state index in [2.05, 4.69) is 24.1 Å². The molecular weight excluding hydrogens is 200 g/mol. The van der Waals surface area contributed by atoms with Gasteiger partial charge in [-0.15, -0.1) is 11.6 Å². The molecule has 2 N–H and O–H groups in total. The Kier molecular flexibility index (Phi) is 3.58. The predicted molar refractivity (Wildman–Crippen MR) is 57.5 cm³/mol. The maximum atomic E-state index is 11.0. The Morgan fingerprint density at radius 2 is 2.36 bits per heavy atom. The van der Waals surface area contributed by atoms with Crippen LogP contribution in [0.15, 0.2) is 18.3 Å². The Balaban J connectivity index is 2.54. The molecule has 0 aliphatic rings. The first-order valence-electron chi connectivity index (χ1n) is 4.53. The standard InChI is InChI=1S/C10H15ClN2O/c1-10(2,7-13-9(14)6-11)8-4-3-5-12-8/h3-5,12H,6-7H2,1-2H3,(H,13,14). The fourth-order valence-corrected chi connectivity index (χ4v) is 1.31. The summed E-state index contributed by atoms with van der Waals surface area (Å²) in [5.74, 6) is -0.118. The van der Waals surface area contributed by atoms with E-state index in [9.17, 15) is 4.79 Å². The molecule has 0 spiro atoms. The molecule has 1 amide bonds. The smallest absolute Gasteiger partial charge is 0.234 e. The van der Waals surface area contributed by atoms with Gasteiger partial charge in [-0.25, -0.2) is 0 Å². The maximum absolute atomic E-state index is 11.0. The summed E-state index contributed by atoms with van der Waals surface area (Å²) in [5, 5.41) is 2.77. The first-order valence-corrected chi connectivity index (χ1v) is 5.06. The van der Waals surface area contributed by atoms with E-state index in [1.54, 1.807) is 0 Å². The maximum Gasteiger partial charge on any atom is 0.234 e. The van der Waals surface area contributed by atoms with Crippen molar-refractivity contribution in [1.82, 2.24) is 10.3 Å². The summed E-state index contributed by atoms with van der Waals surface area (Å²) in [6.45, 7) is 4.71. The second kappa shape index (κ2) is 4.51. The number of nitrogens with one attached hydrogen (secondary N) is 2. The zero-order valence-corrected chi connectivity index (χ0v) is 9.19. The number of rotatable bonds is 4. The number of aromatic nitrogens is 1. The van der Waals surface area contributed by atoms with Gasteiger partial charge in [0.25, 0.3) is 0 Å². The van der Waals surface area contributed by atoms with Crippen LogP contribution in [0.1, 0.15) is 19.5 Å². The van der Waals surface area contributed by atoms with Gasteiger partial charge in [0.15, 0.2) is 0 Å². The van der Waals surface area contributed by atoms with Crippen LogP contribution in [0.4, 0.5) is 0 Å². The Labute approximate surface area is 88.8 Å². The topological polar surface area (TPSA) is 44.9 Å². The van der Waals surface area contributed by atoms with Crippen molar-refractivity contribution >= 4 is 17.5 Å². The van der Waals surface area contributed by atoms with Gasteiger partial charge in [-0.2, -0.15) is 0 Å². The summed E-state index contributed by atoms with van der Waals surface area (Å²) in [6.07, 6.45) is 1.88. The van der Waals surface area contributed by atoms with Gasteiger partial charge in [-0.05, 0) is 12.1 Å². The van der Waals surface area contributed by atoms with Crippen molar-refractivity contribution in [2.24, 2.45) is 0 Å². The van der Waals surface area contributed by atoms with Crippen LogP contribution in [0.2, 0.25) is 0 Å². The van der Waals surface area contributed by atoms with Crippen molar-refractivity contribution in [2.75, 3.05) is 12.4 Å². The van der Waals surface area contributed by atoms with E-state index in [1.807, 2.05) is 18.3 Å². The highest BCUT2D eigenvalue weighted by Crippen LogP contribution is 2.19. The van der Waals surface area contributed by atoms with E-state index in [-0.39, 0.29) is 17.2 Å². The molecule has 0 atom stereocenters. The van der Waals surface area contributed by atoms with Crippen LogP contribution >= 0.6 is 11.6 Å². The van der Waals surface area contributed by atoms with Gasteiger partial charge in [0.1, 0.15) is 5.88 Å². The summed E-state index contributed by atoms with van der Waals surface area (Å²) in [4.78, 5) is 14.1. The molecule has 1 rings (SSSR count). The van der Waals surface area contributed by atoms with Gasteiger partial charge >= 0.3 is 0 Å². The highest BCUT2D eigenvalue weighted by Gasteiger charge is 2.21. The molecule has 14 heavy (non-hydrogen) atoms. The fourth-order valence-electron chi connectivity index (χ4n) is 1.21. The molecule has 0 aromatic carbocycles. The lowest BCUT2D eigenvalue weighted by molar-refractivity contribution is -0.118. The lowest BCUT2D eigenvalue weighted by Crippen LogP contribution is -2.37. The minimum absolute atomic E-state index is 0.0147. The first kappa shape index (κ1) is 11.1. The molecule has 0 bridgehead atoms. The van der Waals surface area contributed by atoms with Crippen LogP contribution in [0.25, 0.3) is 0 Å². The summed E-state index contributed by atoms with van der Waals surface area (Å²) in [6, 6.07) is 3.95. The minimum Gasteiger partial charge on any atom is -0.364 e. The Morgan fingerprint density at radius 1 is 1.64 bits per heavy atom. The van der Waals surface area contributed by atoms with Gasteiger partial charge in [-0.1, -0.05) is 13.8 Å². The van der Waals surface area contributed by atoms with E-state index in [0.29, 0.717) is 6.54 Å². The minimum atomic E-state index is -0.133. The van der Waals surface area contributed by atoms with E-state index in [4.69, 9.17) is 11.6 Å². The van der Waals surface area contributed by atoms with Crippen molar-refractivity contribution in [3.05, 3.63) is 24.0 Å². The number of amides is 1. The van der Waals surface area contributed by atoms with Crippen molar-refractivity contribution in [1.29, 1.82) is 0 Å². The molecule has 0 saturated carbocycles. The molecule has 0 unspecified atom stereocenters. The van der Waals surface area contributed by atoms with Gasteiger partial charge in [0.2, 0.25) is 5.91 Å². The number of halogens is 1. The number of hydrogen-bond acceptors (Lipinski definition) is 1. The SMILES string of the molecule is CC(C)(CNC(=O)CCl)c1ccc[nH]1. The normalized spacial score (nSPS) is 11.4. The predicted octanol–water partition coefficient (Wildman–Crippen LogP) is 1.65. The molecule has 3 nitrogen and oxygen atoms in total. The zero-order chi connectivity index (χ0) is 10.6. The molecule has 1 heterocycles. The van der Waals surface area contributed by atoms with E-state index in [0.717, 1.165) is 5.69 Å². The third-order valence-electron chi connectivity index (χ3n) is 2.18. The summed E-state index contributed by atoms with van der Waals surface area (Å²) in [5.41, 5.74) is 1.01. The number of carbonyl (C=O) groups is 1. The molecule has 0 aliphatic heterocycles. The average Bonchev–Trinajstić information content (AvgIpc) is 2.67. The van der Waals surface area contributed by atoms with Crippen LogP contribution in [-0.2, 0) is 10.2 Å². The van der Waals surface area contributed by atoms with Crippen molar-refractivity contribution in [3.63, 3.8) is 0 Å². The molecule has 0 aliphatic carbocycles. The van der Waals surface area contributed by atoms with Crippen molar-refractivity contribution < 1.29 is 4.79 Å². The fraction of sp³-hybridized carbons (Fsp3) is 0.500. The molecule has 4 heteroatoms. The van der Waals surface area contributed by atoms with Crippen LogP contribution < -0.4 is 5.32 Å². The van der Waals surface area contributed by atoms with Crippen molar-refractivity contribution in [2.45, 2.75) is 19.3 Å². The molecule has 0 radical (unpaired) electrons. The van der Waals surface area contributed by atoms with E-state index >= 15 is 0 Å². The molecule has 1 aromatic heterocycles. The van der Waals surface area contributed by atoms with E-state index < -0.39 is 0 Å². The quantitative estimate of drug-likeness (QED) is 0.736. The number of alkyl halides is 1. The second-order valence-electron chi connectivity index (χ2n) is 3.88. The molecule has 78 valence electrons. The van der Waals surface area contributed by atoms with Crippen LogP contribution in [-0.4, -0.2) is 23.3 Å². The lowest BCUT2D eigenvalue weighted by Gasteiger charge is -2.23. The third kappa shape index (κ3) is 2.77. The number of carbonyl (C=O) groups excluding carboxylic acids is 1. The molecule has 0 fully saturated rings. The average molecular weight is 215 g/mol. The first-order chi connectivity index (χ1) is 6.56. The Morgan fingerprint density at radius 3 is 2.86 bits per heavy atom. The Bertz CT molecular complexity index is 293. The van der Waals surface area contributed by atoms with Gasteiger partial charge in [-0.3, -0.25) is 4.79 Å². The van der Waals surface area contributed by atoms with Gasteiger partial charge < -0.3 is 10.3 Å². The largest absolute Gasteiger partial charge is 0.364 e. The second-order valence-corrected chi connectivity index (χ2v) is 4.15. The summed E-state index contributed by atoms with van der Waals surface area (Å²) >= 11 is 5.39. The van der Waals surface area contributed by atoms with Crippen LogP contribution in [0, 0.1) is 0 Å². The number of hydrogen-bond donors (Lipinski definition) is 2. The monoisotopic (exact) mass is 214 g/mol. The van der Waals surface area contributed by atoms with E-state index in [1.165, 1.54) is 0 Å². The lowest BCUT2D eigenvalue weighted by atomic mass is 9.89. The molecule has 0 saturated heterocycles. The highest BCUT2D eigenvalue weighted by atomic mass is 35.5. The number of H-pyrrole nitrogens is 1. The van der Waals surface area contributed by atoms with Crippen molar-refractivity contribution in [3.8, 4) is 0 Å².